The Morgan fingerprint density at radius 2 is 2.17 bits per heavy atom. The van der Waals surface area contributed by atoms with E-state index in [1.807, 2.05) is 48.3 Å². The molecular formula is C14H18N2O2. The number of aliphatic hydroxyl groups excluding tert-OH is 1. The van der Waals surface area contributed by atoms with Gasteiger partial charge in [-0.25, -0.2) is 0 Å². The molecule has 0 aliphatic carbocycles. The average molecular weight is 246 g/mol. The lowest BCUT2D eigenvalue weighted by molar-refractivity contribution is 0.0525. The summed E-state index contributed by atoms with van der Waals surface area (Å²) in [6, 6.07) is 11.7. The van der Waals surface area contributed by atoms with Gasteiger partial charge in [0, 0.05) is 26.8 Å². The number of hydrogen-bond donors (Lipinski definition) is 1. The zero-order chi connectivity index (χ0) is 13.4. The molecule has 96 valence electrons. The summed E-state index contributed by atoms with van der Waals surface area (Å²) in [5.74, 6) is 0. The quantitative estimate of drug-likeness (QED) is 0.773. The van der Waals surface area contributed by atoms with E-state index in [2.05, 4.69) is 0 Å². The number of hydrogen-bond acceptors (Lipinski definition) is 4. The topological polar surface area (TPSA) is 56.5 Å². The van der Waals surface area contributed by atoms with Gasteiger partial charge in [0.15, 0.2) is 0 Å². The van der Waals surface area contributed by atoms with Crippen LogP contribution in [0, 0.1) is 11.3 Å². The van der Waals surface area contributed by atoms with E-state index < -0.39 is 6.10 Å². The highest BCUT2D eigenvalue weighted by atomic mass is 16.5. The second-order valence-electron chi connectivity index (χ2n) is 4.01. The highest BCUT2D eigenvalue weighted by molar-refractivity contribution is 5.65. The maximum atomic E-state index is 9.71. The van der Waals surface area contributed by atoms with E-state index in [0.717, 1.165) is 11.3 Å². The summed E-state index contributed by atoms with van der Waals surface area (Å²) >= 11 is 0. The summed E-state index contributed by atoms with van der Waals surface area (Å²) in [7, 11) is 3.39. The fourth-order valence-corrected chi connectivity index (χ4v) is 1.74. The molecule has 18 heavy (non-hydrogen) atoms. The molecule has 4 nitrogen and oxygen atoms in total. The number of methoxy groups -OCH3 is 1. The number of benzene rings is 1. The van der Waals surface area contributed by atoms with Crippen molar-refractivity contribution in [1.82, 2.24) is 4.90 Å². The van der Waals surface area contributed by atoms with Gasteiger partial charge in [-0.15, -0.1) is 0 Å². The van der Waals surface area contributed by atoms with Crippen molar-refractivity contribution < 1.29 is 9.84 Å². The Morgan fingerprint density at radius 1 is 1.50 bits per heavy atom. The summed E-state index contributed by atoms with van der Waals surface area (Å²) in [6.07, 6.45) is 0.903. The number of ether oxygens (including phenoxy) is 1. The first-order valence-corrected chi connectivity index (χ1v) is 5.72. The van der Waals surface area contributed by atoms with Gasteiger partial charge in [0.2, 0.25) is 0 Å². The molecule has 0 spiro atoms. The summed E-state index contributed by atoms with van der Waals surface area (Å²) in [5.41, 5.74) is 1.74. The Bertz CT molecular complexity index is 423. The molecule has 0 aliphatic heterocycles. The fourth-order valence-electron chi connectivity index (χ4n) is 1.74. The Hall–Kier alpha value is -1.83. The van der Waals surface area contributed by atoms with Crippen LogP contribution in [0.3, 0.4) is 0 Å². The van der Waals surface area contributed by atoms with Gasteiger partial charge >= 0.3 is 0 Å². The first-order chi connectivity index (χ1) is 8.69. The molecule has 1 unspecified atom stereocenters. The van der Waals surface area contributed by atoms with Gasteiger partial charge < -0.3 is 14.7 Å². The van der Waals surface area contributed by atoms with E-state index >= 15 is 0 Å². The first kappa shape index (κ1) is 14.2. The molecule has 0 fully saturated rings. The van der Waals surface area contributed by atoms with Crippen molar-refractivity contribution in [2.75, 3.05) is 27.3 Å². The average Bonchev–Trinajstić information content (AvgIpc) is 2.37. The summed E-state index contributed by atoms with van der Waals surface area (Å²) < 4.78 is 4.89. The van der Waals surface area contributed by atoms with Gasteiger partial charge in [0.05, 0.1) is 24.5 Å². The van der Waals surface area contributed by atoms with Crippen molar-refractivity contribution in [3.8, 4) is 6.07 Å². The third-order valence-corrected chi connectivity index (χ3v) is 2.53. The Balaban J connectivity index is 2.81. The van der Waals surface area contributed by atoms with Crippen molar-refractivity contribution in [3.05, 3.63) is 42.0 Å². The Morgan fingerprint density at radius 3 is 2.72 bits per heavy atom. The van der Waals surface area contributed by atoms with Crippen molar-refractivity contribution in [2.45, 2.75) is 6.10 Å². The van der Waals surface area contributed by atoms with Gasteiger partial charge in [0.1, 0.15) is 0 Å². The lowest BCUT2D eigenvalue weighted by Gasteiger charge is -2.24. The summed E-state index contributed by atoms with van der Waals surface area (Å²) in [6.45, 7) is 0.690. The van der Waals surface area contributed by atoms with Crippen LogP contribution in [0.25, 0.3) is 5.70 Å². The van der Waals surface area contributed by atoms with E-state index in [4.69, 9.17) is 10.00 Å². The van der Waals surface area contributed by atoms with Crippen LogP contribution in [0.4, 0.5) is 0 Å². The van der Waals surface area contributed by atoms with Crippen LogP contribution in [0.1, 0.15) is 5.56 Å². The van der Waals surface area contributed by atoms with Crippen molar-refractivity contribution in [3.63, 3.8) is 0 Å². The third kappa shape index (κ3) is 4.21. The normalized spacial score (nSPS) is 12.9. The van der Waals surface area contributed by atoms with Gasteiger partial charge in [-0.2, -0.15) is 5.26 Å². The smallest absolute Gasteiger partial charge is 0.0947 e. The third-order valence-electron chi connectivity index (χ3n) is 2.53. The van der Waals surface area contributed by atoms with Crippen LogP contribution in [-0.4, -0.2) is 43.4 Å². The number of allylic oxidation sites excluding steroid dienone is 1. The maximum Gasteiger partial charge on any atom is 0.0947 e. The Kier molecular flexibility index (Phi) is 5.92. The highest BCUT2D eigenvalue weighted by Gasteiger charge is 2.12. The lowest BCUT2D eigenvalue weighted by atomic mass is 10.1. The SMILES string of the molecule is COCC(O)CN(C)/C(=C/C#N)c1ccccc1. The van der Waals surface area contributed by atoms with Gasteiger partial charge in [0.25, 0.3) is 0 Å². The maximum absolute atomic E-state index is 9.71. The molecule has 1 rings (SSSR count). The Labute approximate surface area is 108 Å². The zero-order valence-electron chi connectivity index (χ0n) is 10.7. The molecule has 0 saturated carbocycles. The monoisotopic (exact) mass is 246 g/mol. The fraction of sp³-hybridized carbons (Fsp3) is 0.357. The van der Waals surface area contributed by atoms with Crippen molar-refractivity contribution in [1.29, 1.82) is 5.26 Å². The minimum absolute atomic E-state index is 0.277. The molecule has 1 aromatic carbocycles. The molecule has 0 amide bonds. The standard InChI is InChI=1S/C14H18N2O2/c1-16(10-13(17)11-18-2)14(8-9-15)12-6-4-3-5-7-12/h3-8,13,17H,10-11H2,1-2H3/b14-8+. The predicted molar refractivity (Wildman–Crippen MR) is 70.5 cm³/mol. The molecule has 0 saturated heterocycles. The first-order valence-electron chi connectivity index (χ1n) is 5.72. The van der Waals surface area contributed by atoms with Crippen LogP contribution < -0.4 is 0 Å². The van der Waals surface area contributed by atoms with Crippen LogP contribution in [0.15, 0.2) is 36.4 Å². The van der Waals surface area contributed by atoms with Gasteiger partial charge in [-0.3, -0.25) is 0 Å². The van der Waals surface area contributed by atoms with Crippen molar-refractivity contribution in [2.24, 2.45) is 0 Å². The number of nitriles is 1. The molecule has 1 N–H and O–H groups in total. The molecule has 0 aliphatic rings. The number of nitrogens with zero attached hydrogens (tertiary/aromatic N) is 2. The second kappa shape index (κ2) is 7.49. The van der Waals surface area contributed by atoms with Crippen LogP contribution >= 0.6 is 0 Å². The van der Waals surface area contributed by atoms with E-state index in [9.17, 15) is 5.11 Å². The largest absolute Gasteiger partial charge is 0.389 e. The molecule has 4 heteroatoms. The molecule has 1 aromatic rings. The highest BCUT2D eigenvalue weighted by Crippen LogP contribution is 2.17. The van der Waals surface area contributed by atoms with E-state index in [0.29, 0.717) is 6.54 Å². The van der Waals surface area contributed by atoms with Crippen LogP contribution in [-0.2, 0) is 4.74 Å². The second-order valence-corrected chi connectivity index (χ2v) is 4.01. The molecule has 1 atom stereocenters. The summed E-state index contributed by atoms with van der Waals surface area (Å²) in [5, 5.41) is 18.6. The van der Waals surface area contributed by atoms with E-state index in [1.165, 1.54) is 6.08 Å². The molecular weight excluding hydrogens is 228 g/mol. The minimum atomic E-state index is -0.578. The van der Waals surface area contributed by atoms with Gasteiger partial charge in [-0.05, 0) is 5.56 Å². The predicted octanol–water partition coefficient (Wildman–Crippen LogP) is 1.49. The minimum Gasteiger partial charge on any atom is -0.389 e. The zero-order valence-corrected chi connectivity index (χ0v) is 10.7. The van der Waals surface area contributed by atoms with Gasteiger partial charge in [-0.1, -0.05) is 30.3 Å². The molecule has 0 bridgehead atoms. The number of likely N-dealkylation sites (N-methyl/N-ethyl adjacent to an activating group) is 1. The molecule has 0 heterocycles. The molecule has 0 aromatic heterocycles. The van der Waals surface area contributed by atoms with Crippen LogP contribution in [0.5, 0.6) is 0 Å². The number of aliphatic hydroxyl groups is 1. The van der Waals surface area contributed by atoms with E-state index in [1.54, 1.807) is 7.11 Å². The molecule has 0 radical (unpaired) electrons. The van der Waals surface area contributed by atoms with Crippen molar-refractivity contribution >= 4 is 5.70 Å². The van der Waals surface area contributed by atoms with E-state index in [-0.39, 0.29) is 6.61 Å². The summed E-state index contributed by atoms with van der Waals surface area (Å²) in [4.78, 5) is 1.85. The van der Waals surface area contributed by atoms with Crippen LogP contribution in [0.2, 0.25) is 0 Å². The lowest BCUT2D eigenvalue weighted by Crippen LogP contribution is -2.31. The number of rotatable bonds is 6.